The number of thioether (sulfide) groups is 1. The van der Waals surface area contributed by atoms with Crippen molar-refractivity contribution in [3.05, 3.63) is 71.0 Å². The van der Waals surface area contributed by atoms with Crippen LogP contribution >= 0.6 is 11.8 Å². The Morgan fingerprint density at radius 2 is 1.70 bits per heavy atom. The summed E-state index contributed by atoms with van der Waals surface area (Å²) in [6.45, 7) is 9.15. The van der Waals surface area contributed by atoms with Crippen molar-refractivity contribution in [3.8, 4) is 5.75 Å². The summed E-state index contributed by atoms with van der Waals surface area (Å²) in [5.74, 6) is 2.58. The van der Waals surface area contributed by atoms with Gasteiger partial charge in [0.1, 0.15) is 12.4 Å². The molecule has 27 heavy (non-hydrogen) atoms. The minimum Gasteiger partial charge on any atom is -0.485 e. The van der Waals surface area contributed by atoms with Crippen LogP contribution in [0.1, 0.15) is 43.3 Å². The lowest BCUT2D eigenvalue weighted by atomic mass is 9.87. The van der Waals surface area contributed by atoms with E-state index in [1.807, 2.05) is 42.8 Å². The van der Waals surface area contributed by atoms with Gasteiger partial charge < -0.3 is 9.30 Å². The Morgan fingerprint density at radius 1 is 1.00 bits per heavy atom. The number of hydrogen-bond donors (Lipinski definition) is 0. The van der Waals surface area contributed by atoms with Gasteiger partial charge in [-0.3, -0.25) is 0 Å². The minimum atomic E-state index is 0.182. The molecule has 0 radical (unpaired) electrons. The van der Waals surface area contributed by atoms with Crippen molar-refractivity contribution in [3.63, 3.8) is 0 Å². The molecule has 0 N–H and O–H groups in total. The predicted molar refractivity (Wildman–Crippen MR) is 111 cm³/mol. The zero-order chi connectivity index (χ0) is 19.4. The number of aromatic nitrogens is 3. The molecule has 1 aromatic heterocycles. The molecule has 0 aliphatic heterocycles. The van der Waals surface area contributed by atoms with Crippen molar-refractivity contribution in [2.45, 2.75) is 50.6 Å². The first-order chi connectivity index (χ1) is 12.8. The third kappa shape index (κ3) is 4.92. The molecule has 4 nitrogen and oxygen atoms in total. The van der Waals surface area contributed by atoms with E-state index in [4.69, 9.17) is 4.74 Å². The van der Waals surface area contributed by atoms with Crippen LogP contribution in [0.4, 0.5) is 0 Å². The van der Waals surface area contributed by atoms with Crippen molar-refractivity contribution >= 4 is 11.8 Å². The molecule has 0 amide bonds. The average molecular weight is 382 g/mol. The highest BCUT2D eigenvalue weighted by atomic mass is 32.2. The van der Waals surface area contributed by atoms with Crippen LogP contribution in [-0.4, -0.2) is 14.8 Å². The first kappa shape index (κ1) is 19.5. The van der Waals surface area contributed by atoms with Crippen molar-refractivity contribution in [1.29, 1.82) is 0 Å². The molecule has 142 valence electrons. The smallest absolute Gasteiger partial charge is 0.191 e. The van der Waals surface area contributed by atoms with Gasteiger partial charge in [-0.25, -0.2) is 0 Å². The fraction of sp³-hybridized carbons (Fsp3) is 0.364. The Balaban J connectivity index is 1.59. The van der Waals surface area contributed by atoms with Crippen LogP contribution < -0.4 is 4.74 Å². The topological polar surface area (TPSA) is 39.9 Å². The highest BCUT2D eigenvalue weighted by molar-refractivity contribution is 7.98. The molecule has 0 bridgehead atoms. The van der Waals surface area contributed by atoms with E-state index >= 15 is 0 Å². The highest BCUT2D eigenvalue weighted by Gasteiger charge is 2.14. The van der Waals surface area contributed by atoms with E-state index in [0.717, 1.165) is 28.0 Å². The van der Waals surface area contributed by atoms with E-state index < -0.39 is 0 Å². The fourth-order valence-corrected chi connectivity index (χ4v) is 3.59. The molecule has 0 saturated carbocycles. The molecule has 1 heterocycles. The van der Waals surface area contributed by atoms with Crippen LogP contribution in [0.15, 0.2) is 53.7 Å². The lowest BCUT2D eigenvalue weighted by molar-refractivity contribution is 0.288. The van der Waals surface area contributed by atoms with Gasteiger partial charge in [-0.2, -0.15) is 0 Å². The van der Waals surface area contributed by atoms with E-state index in [1.54, 1.807) is 11.8 Å². The molecule has 0 fully saturated rings. The summed E-state index contributed by atoms with van der Waals surface area (Å²) in [5, 5.41) is 9.51. The number of benzene rings is 2. The van der Waals surface area contributed by atoms with E-state index in [1.165, 1.54) is 11.1 Å². The quantitative estimate of drug-likeness (QED) is 0.544. The fourth-order valence-electron chi connectivity index (χ4n) is 2.71. The first-order valence-corrected chi connectivity index (χ1v) is 10.1. The molecule has 3 aromatic rings. The minimum absolute atomic E-state index is 0.182. The monoisotopic (exact) mass is 381 g/mol. The molecule has 3 rings (SSSR count). The Hall–Kier alpha value is -2.27. The molecule has 0 atom stereocenters. The Morgan fingerprint density at radius 3 is 2.37 bits per heavy atom. The second kappa shape index (κ2) is 8.17. The van der Waals surface area contributed by atoms with Crippen LogP contribution in [0.25, 0.3) is 0 Å². The Kier molecular flexibility index (Phi) is 5.90. The maximum absolute atomic E-state index is 5.89. The normalized spacial score (nSPS) is 11.6. The number of hydrogen-bond acceptors (Lipinski definition) is 4. The van der Waals surface area contributed by atoms with Crippen molar-refractivity contribution < 1.29 is 4.74 Å². The summed E-state index contributed by atoms with van der Waals surface area (Å²) in [6.07, 6.45) is 0. The highest BCUT2D eigenvalue weighted by Crippen LogP contribution is 2.26. The molecule has 0 unspecified atom stereocenters. The van der Waals surface area contributed by atoms with Gasteiger partial charge in [0.05, 0.1) is 0 Å². The second-order valence-electron chi connectivity index (χ2n) is 7.75. The maximum Gasteiger partial charge on any atom is 0.191 e. The number of nitrogens with zero attached hydrogens (tertiary/aromatic N) is 3. The molecular formula is C22H27N3OS. The Labute approximate surface area is 166 Å². The lowest BCUT2D eigenvalue weighted by Gasteiger charge is -2.19. The van der Waals surface area contributed by atoms with E-state index in [-0.39, 0.29) is 5.41 Å². The summed E-state index contributed by atoms with van der Waals surface area (Å²) in [4.78, 5) is 0. The molecule has 0 aliphatic carbocycles. The van der Waals surface area contributed by atoms with E-state index in [2.05, 4.69) is 55.2 Å². The van der Waals surface area contributed by atoms with Gasteiger partial charge in [0, 0.05) is 12.8 Å². The predicted octanol–water partition coefficient (Wildman–Crippen LogP) is 5.29. The van der Waals surface area contributed by atoms with Crippen LogP contribution in [0.2, 0.25) is 0 Å². The molecule has 0 aliphatic rings. The van der Waals surface area contributed by atoms with Crippen LogP contribution in [0, 0.1) is 6.92 Å². The first-order valence-electron chi connectivity index (χ1n) is 9.13. The Bertz CT molecular complexity index is 895. The molecule has 5 heteroatoms. The zero-order valence-corrected chi connectivity index (χ0v) is 17.5. The summed E-state index contributed by atoms with van der Waals surface area (Å²) in [6, 6.07) is 16.8. The van der Waals surface area contributed by atoms with Gasteiger partial charge in [-0.15, -0.1) is 10.2 Å². The average Bonchev–Trinajstić information content (AvgIpc) is 2.99. The van der Waals surface area contributed by atoms with Gasteiger partial charge in [-0.05, 0) is 35.1 Å². The molecule has 0 saturated heterocycles. The van der Waals surface area contributed by atoms with Crippen molar-refractivity contribution in [2.75, 3.05) is 0 Å². The van der Waals surface area contributed by atoms with Gasteiger partial charge in [-0.1, -0.05) is 75.0 Å². The van der Waals surface area contributed by atoms with Crippen LogP contribution in [-0.2, 0) is 24.8 Å². The standard InChI is InChI=1S/C22H27N3OS/c1-16-8-6-7-9-19(16)26-14-20-23-24-21(25(20)5)27-15-17-10-12-18(13-11-17)22(2,3)4/h6-13H,14-15H2,1-5H3. The van der Waals surface area contributed by atoms with Crippen molar-refractivity contribution in [2.24, 2.45) is 7.05 Å². The number of ether oxygens (including phenoxy) is 1. The summed E-state index contributed by atoms with van der Waals surface area (Å²) < 4.78 is 7.90. The van der Waals surface area contributed by atoms with E-state index in [0.29, 0.717) is 6.61 Å². The number of aryl methyl sites for hydroxylation is 1. The number of para-hydroxylation sites is 1. The SMILES string of the molecule is Cc1ccccc1OCc1nnc(SCc2ccc(C(C)(C)C)cc2)n1C. The third-order valence-corrected chi connectivity index (χ3v) is 5.65. The molecule has 0 spiro atoms. The second-order valence-corrected chi connectivity index (χ2v) is 8.69. The van der Waals surface area contributed by atoms with Gasteiger partial charge in [0.25, 0.3) is 0 Å². The van der Waals surface area contributed by atoms with Gasteiger partial charge in [0.15, 0.2) is 11.0 Å². The third-order valence-electron chi connectivity index (χ3n) is 4.56. The molecular weight excluding hydrogens is 354 g/mol. The summed E-state index contributed by atoms with van der Waals surface area (Å²) >= 11 is 1.69. The van der Waals surface area contributed by atoms with Gasteiger partial charge in [0.2, 0.25) is 0 Å². The zero-order valence-electron chi connectivity index (χ0n) is 16.7. The maximum atomic E-state index is 5.89. The van der Waals surface area contributed by atoms with Crippen molar-refractivity contribution in [1.82, 2.24) is 14.8 Å². The number of rotatable bonds is 6. The van der Waals surface area contributed by atoms with Gasteiger partial charge >= 0.3 is 0 Å². The summed E-state index contributed by atoms with van der Waals surface area (Å²) in [7, 11) is 1.99. The van der Waals surface area contributed by atoms with E-state index in [9.17, 15) is 0 Å². The van der Waals surface area contributed by atoms with Crippen LogP contribution in [0.3, 0.4) is 0 Å². The largest absolute Gasteiger partial charge is 0.485 e. The summed E-state index contributed by atoms with van der Waals surface area (Å²) in [5.41, 5.74) is 3.94. The lowest BCUT2D eigenvalue weighted by Crippen LogP contribution is -2.10. The van der Waals surface area contributed by atoms with Crippen LogP contribution in [0.5, 0.6) is 5.75 Å². The molecule has 2 aromatic carbocycles.